The maximum Gasteiger partial charge on any atom is 0.137 e. The molecule has 23 heavy (non-hydrogen) atoms. The second-order valence-corrected chi connectivity index (χ2v) is 7.41. The number of nitrogens with zero attached hydrogens (tertiary/aromatic N) is 2. The van der Waals surface area contributed by atoms with Crippen LogP contribution in [0.5, 0.6) is 0 Å². The highest BCUT2D eigenvalue weighted by Crippen LogP contribution is 2.30. The number of fused-ring (bicyclic) bond motifs is 1. The van der Waals surface area contributed by atoms with Gasteiger partial charge in [0.15, 0.2) is 0 Å². The van der Waals surface area contributed by atoms with Crippen molar-refractivity contribution in [2.24, 2.45) is 0 Å². The van der Waals surface area contributed by atoms with Crippen molar-refractivity contribution in [1.29, 1.82) is 0 Å². The van der Waals surface area contributed by atoms with E-state index in [0.717, 1.165) is 27.8 Å². The molecule has 118 valence electrons. The summed E-state index contributed by atoms with van der Waals surface area (Å²) in [6.07, 6.45) is 9.65. The van der Waals surface area contributed by atoms with Gasteiger partial charge >= 0.3 is 0 Å². The van der Waals surface area contributed by atoms with Crippen molar-refractivity contribution in [1.82, 2.24) is 9.38 Å². The molecule has 0 atom stereocenters. The van der Waals surface area contributed by atoms with Crippen LogP contribution in [0.15, 0.2) is 48.8 Å². The molecule has 4 heteroatoms. The second kappa shape index (κ2) is 6.28. The lowest BCUT2D eigenvalue weighted by Gasteiger charge is -2.10. The van der Waals surface area contributed by atoms with Gasteiger partial charge in [-0.25, -0.2) is 4.98 Å². The summed E-state index contributed by atoms with van der Waals surface area (Å²) >= 11 is 1.87. The molecule has 3 aromatic rings. The summed E-state index contributed by atoms with van der Waals surface area (Å²) < 4.78 is 5.61. The standard InChI is InChI=1S/C19H21N3S/c1-14-6-8-15(9-7-14)18-13-22-12-16(10-11-19(22)20-18)21-23-17-4-2-3-5-17/h6-13,17,21H,2-5H2,1H3. The van der Waals surface area contributed by atoms with Gasteiger partial charge in [-0.3, -0.25) is 0 Å². The molecule has 0 radical (unpaired) electrons. The normalized spacial score (nSPS) is 15.3. The second-order valence-electron chi connectivity index (χ2n) is 6.30. The van der Waals surface area contributed by atoms with Crippen LogP contribution in [0, 0.1) is 6.92 Å². The fraction of sp³-hybridized carbons (Fsp3) is 0.316. The number of pyridine rings is 1. The maximum atomic E-state index is 4.72. The summed E-state index contributed by atoms with van der Waals surface area (Å²) in [7, 11) is 0. The molecule has 1 N–H and O–H groups in total. The fourth-order valence-electron chi connectivity index (χ4n) is 3.07. The van der Waals surface area contributed by atoms with E-state index >= 15 is 0 Å². The van der Waals surface area contributed by atoms with Gasteiger partial charge in [0.1, 0.15) is 5.65 Å². The van der Waals surface area contributed by atoms with Crippen LogP contribution in [0.4, 0.5) is 5.69 Å². The van der Waals surface area contributed by atoms with Crippen LogP contribution in [-0.2, 0) is 0 Å². The zero-order chi connectivity index (χ0) is 15.6. The average molecular weight is 323 g/mol. The van der Waals surface area contributed by atoms with Crippen LogP contribution in [0.2, 0.25) is 0 Å². The Hall–Kier alpha value is -1.94. The zero-order valence-corrected chi connectivity index (χ0v) is 14.1. The first-order chi connectivity index (χ1) is 11.3. The summed E-state index contributed by atoms with van der Waals surface area (Å²) in [5, 5.41) is 0.761. The minimum Gasteiger partial charge on any atom is -0.328 e. The fourth-order valence-corrected chi connectivity index (χ4v) is 4.07. The summed E-state index contributed by atoms with van der Waals surface area (Å²) in [5.74, 6) is 0. The molecule has 2 aromatic heterocycles. The van der Waals surface area contributed by atoms with E-state index in [-0.39, 0.29) is 0 Å². The van der Waals surface area contributed by atoms with Gasteiger partial charge in [-0.2, -0.15) is 0 Å². The molecule has 1 saturated carbocycles. The Bertz CT molecular complexity index is 801. The van der Waals surface area contributed by atoms with Crippen molar-refractivity contribution < 1.29 is 0 Å². The Labute approximate surface area is 141 Å². The molecule has 0 saturated heterocycles. The molecular formula is C19H21N3S. The van der Waals surface area contributed by atoms with E-state index in [9.17, 15) is 0 Å². The van der Waals surface area contributed by atoms with Gasteiger partial charge in [0, 0.05) is 23.2 Å². The first-order valence-corrected chi connectivity index (χ1v) is 9.13. The molecule has 1 aliphatic carbocycles. The lowest BCUT2D eigenvalue weighted by molar-refractivity contribution is 0.886. The molecule has 0 bridgehead atoms. The summed E-state index contributed by atoms with van der Waals surface area (Å²) in [4.78, 5) is 4.72. The number of nitrogens with one attached hydrogen (secondary N) is 1. The Kier molecular flexibility index (Phi) is 4.00. The van der Waals surface area contributed by atoms with Gasteiger partial charge in [-0.05, 0) is 43.8 Å². The molecule has 1 aliphatic rings. The molecule has 0 aliphatic heterocycles. The van der Waals surface area contributed by atoms with Crippen molar-refractivity contribution in [3.05, 3.63) is 54.4 Å². The molecule has 4 rings (SSSR count). The quantitative estimate of drug-likeness (QED) is 0.660. The van der Waals surface area contributed by atoms with Gasteiger partial charge in [-0.15, -0.1) is 0 Å². The van der Waals surface area contributed by atoms with E-state index in [4.69, 9.17) is 4.98 Å². The zero-order valence-electron chi connectivity index (χ0n) is 13.3. The third kappa shape index (κ3) is 3.22. The van der Waals surface area contributed by atoms with Crippen molar-refractivity contribution in [3.63, 3.8) is 0 Å². The van der Waals surface area contributed by atoms with Crippen molar-refractivity contribution in [3.8, 4) is 11.3 Å². The van der Waals surface area contributed by atoms with Crippen molar-refractivity contribution in [2.75, 3.05) is 4.72 Å². The topological polar surface area (TPSA) is 29.3 Å². The number of hydrogen-bond acceptors (Lipinski definition) is 3. The molecule has 2 heterocycles. The van der Waals surface area contributed by atoms with Crippen molar-refractivity contribution in [2.45, 2.75) is 37.9 Å². The molecule has 0 amide bonds. The average Bonchev–Trinajstić information content (AvgIpc) is 3.22. The first kappa shape index (κ1) is 14.6. The van der Waals surface area contributed by atoms with Crippen LogP contribution in [-0.4, -0.2) is 14.6 Å². The highest BCUT2D eigenvalue weighted by atomic mass is 32.2. The molecule has 0 unspecified atom stereocenters. The van der Waals surface area contributed by atoms with E-state index < -0.39 is 0 Å². The Morgan fingerprint density at radius 2 is 1.83 bits per heavy atom. The van der Waals surface area contributed by atoms with E-state index in [2.05, 4.69) is 64.8 Å². The number of aryl methyl sites for hydroxylation is 1. The Morgan fingerprint density at radius 3 is 2.61 bits per heavy atom. The van der Waals surface area contributed by atoms with Gasteiger partial charge in [-0.1, -0.05) is 42.7 Å². The number of aromatic nitrogens is 2. The van der Waals surface area contributed by atoms with Crippen LogP contribution in [0.1, 0.15) is 31.2 Å². The van der Waals surface area contributed by atoms with Crippen LogP contribution >= 0.6 is 11.9 Å². The monoisotopic (exact) mass is 323 g/mol. The summed E-state index contributed by atoms with van der Waals surface area (Å²) in [6.45, 7) is 2.10. The Balaban J connectivity index is 1.55. The van der Waals surface area contributed by atoms with E-state index in [1.54, 1.807) is 0 Å². The SMILES string of the molecule is Cc1ccc(-c2cn3cc(NSC4CCCC4)ccc3n2)cc1. The van der Waals surface area contributed by atoms with Crippen LogP contribution < -0.4 is 4.72 Å². The van der Waals surface area contributed by atoms with Crippen LogP contribution in [0.25, 0.3) is 16.9 Å². The molecular weight excluding hydrogens is 302 g/mol. The summed E-state index contributed by atoms with van der Waals surface area (Å²) in [5.41, 5.74) is 5.58. The molecule has 0 spiro atoms. The minimum absolute atomic E-state index is 0.761. The number of rotatable bonds is 4. The number of anilines is 1. The van der Waals surface area contributed by atoms with Gasteiger partial charge < -0.3 is 9.12 Å². The van der Waals surface area contributed by atoms with E-state index in [0.29, 0.717) is 0 Å². The Morgan fingerprint density at radius 1 is 1.04 bits per heavy atom. The largest absolute Gasteiger partial charge is 0.328 e. The lowest BCUT2D eigenvalue weighted by atomic mass is 10.1. The maximum absolute atomic E-state index is 4.72. The third-order valence-electron chi connectivity index (χ3n) is 4.44. The smallest absolute Gasteiger partial charge is 0.137 e. The van der Waals surface area contributed by atoms with E-state index in [1.807, 2.05) is 11.9 Å². The molecule has 1 fully saturated rings. The van der Waals surface area contributed by atoms with E-state index in [1.165, 1.54) is 31.2 Å². The lowest BCUT2D eigenvalue weighted by Crippen LogP contribution is -2.00. The van der Waals surface area contributed by atoms with Gasteiger partial charge in [0.2, 0.25) is 0 Å². The minimum atomic E-state index is 0.761. The third-order valence-corrected chi connectivity index (χ3v) is 5.60. The molecule has 1 aromatic carbocycles. The summed E-state index contributed by atoms with van der Waals surface area (Å²) in [6, 6.07) is 12.7. The number of hydrogen-bond donors (Lipinski definition) is 1. The predicted octanol–water partition coefficient (Wildman–Crippen LogP) is 5.31. The number of imidazole rings is 1. The van der Waals surface area contributed by atoms with Crippen molar-refractivity contribution >= 4 is 23.3 Å². The van der Waals surface area contributed by atoms with Gasteiger partial charge in [0.05, 0.1) is 11.4 Å². The highest BCUT2D eigenvalue weighted by molar-refractivity contribution is 8.01. The number of benzene rings is 1. The highest BCUT2D eigenvalue weighted by Gasteiger charge is 2.15. The van der Waals surface area contributed by atoms with Gasteiger partial charge in [0.25, 0.3) is 0 Å². The molecule has 3 nitrogen and oxygen atoms in total. The first-order valence-electron chi connectivity index (χ1n) is 8.25. The van der Waals surface area contributed by atoms with Crippen LogP contribution in [0.3, 0.4) is 0 Å². The predicted molar refractivity (Wildman–Crippen MR) is 98.8 cm³/mol.